The van der Waals surface area contributed by atoms with Crippen molar-refractivity contribution in [1.29, 1.82) is 0 Å². The van der Waals surface area contributed by atoms with E-state index in [1.54, 1.807) is 12.1 Å². The van der Waals surface area contributed by atoms with Gasteiger partial charge in [0.25, 0.3) is 0 Å². The molecule has 3 N–H and O–H groups in total. The number of halogens is 2. The van der Waals surface area contributed by atoms with Crippen LogP contribution in [0.4, 0.5) is 0 Å². The summed E-state index contributed by atoms with van der Waals surface area (Å²) in [7, 11) is 1.43. The summed E-state index contributed by atoms with van der Waals surface area (Å²) in [6, 6.07) is 6.00. The number of hydrogen-bond donors (Lipinski definition) is 3. The second-order valence-corrected chi connectivity index (χ2v) is 5.79. The molecule has 2 rings (SSSR count). The molecule has 0 bridgehead atoms. The SMILES string of the molecule is COc1ccc(Br)c(C=O)c1O.O=Cc1c(Br)ccc(O)c1O. The lowest BCUT2D eigenvalue weighted by molar-refractivity contribution is 0.111. The van der Waals surface area contributed by atoms with E-state index in [2.05, 4.69) is 31.9 Å². The molecule has 0 aliphatic heterocycles. The van der Waals surface area contributed by atoms with Gasteiger partial charge in [0.05, 0.1) is 18.2 Å². The molecule has 23 heavy (non-hydrogen) atoms. The average Bonchev–Trinajstić information content (AvgIpc) is 2.53. The largest absolute Gasteiger partial charge is 0.504 e. The Bertz CT molecular complexity index is 730. The minimum Gasteiger partial charge on any atom is -0.504 e. The van der Waals surface area contributed by atoms with Crippen molar-refractivity contribution < 1.29 is 29.6 Å². The van der Waals surface area contributed by atoms with Crippen LogP contribution in [-0.4, -0.2) is 35.0 Å². The minimum atomic E-state index is -0.394. The van der Waals surface area contributed by atoms with E-state index in [0.29, 0.717) is 27.3 Å². The van der Waals surface area contributed by atoms with Gasteiger partial charge >= 0.3 is 0 Å². The number of phenols is 3. The van der Waals surface area contributed by atoms with Crippen molar-refractivity contribution in [2.24, 2.45) is 0 Å². The molecule has 0 aliphatic carbocycles. The van der Waals surface area contributed by atoms with Crippen LogP contribution in [0.25, 0.3) is 0 Å². The van der Waals surface area contributed by atoms with Crippen LogP contribution >= 0.6 is 31.9 Å². The molecular formula is C15H12Br2O6. The third-order valence-corrected chi connectivity index (χ3v) is 4.11. The van der Waals surface area contributed by atoms with Gasteiger partial charge in [0.1, 0.15) is 0 Å². The zero-order valence-electron chi connectivity index (χ0n) is 11.8. The quantitative estimate of drug-likeness (QED) is 0.490. The number of aldehydes is 2. The standard InChI is InChI=1S/C8H7BrO3.C7H5BrO3/c1-12-7-3-2-6(9)5(4-10)8(7)11;8-5-1-2-6(10)7(11)4(5)3-9/h2-4,11H,1H3;1-3,10-11H. The van der Waals surface area contributed by atoms with Crippen molar-refractivity contribution in [2.75, 3.05) is 7.11 Å². The number of carbonyl (C=O) groups is 2. The molecule has 0 fully saturated rings. The lowest BCUT2D eigenvalue weighted by Crippen LogP contribution is -1.89. The first-order chi connectivity index (χ1) is 10.9. The van der Waals surface area contributed by atoms with Gasteiger partial charge in [0.2, 0.25) is 0 Å². The summed E-state index contributed by atoms with van der Waals surface area (Å²) < 4.78 is 5.83. The maximum atomic E-state index is 10.5. The maximum absolute atomic E-state index is 10.5. The molecule has 0 heterocycles. The van der Waals surface area contributed by atoms with Crippen molar-refractivity contribution in [3.05, 3.63) is 44.3 Å². The van der Waals surface area contributed by atoms with Crippen LogP contribution < -0.4 is 4.74 Å². The highest BCUT2D eigenvalue weighted by Crippen LogP contribution is 2.33. The normalized spacial score (nSPS) is 9.52. The molecule has 0 aromatic heterocycles. The third-order valence-electron chi connectivity index (χ3n) is 2.73. The Labute approximate surface area is 148 Å². The van der Waals surface area contributed by atoms with Gasteiger partial charge in [-0.1, -0.05) is 0 Å². The van der Waals surface area contributed by atoms with Crippen molar-refractivity contribution in [2.45, 2.75) is 0 Å². The van der Waals surface area contributed by atoms with Crippen LogP contribution in [0.2, 0.25) is 0 Å². The van der Waals surface area contributed by atoms with Gasteiger partial charge in [0.15, 0.2) is 35.6 Å². The summed E-state index contributed by atoms with van der Waals surface area (Å²) >= 11 is 6.16. The summed E-state index contributed by atoms with van der Waals surface area (Å²) in [5.41, 5.74) is 0.263. The summed E-state index contributed by atoms with van der Waals surface area (Å²) in [4.78, 5) is 20.8. The van der Waals surface area contributed by atoms with E-state index >= 15 is 0 Å². The molecule has 0 unspecified atom stereocenters. The van der Waals surface area contributed by atoms with Crippen molar-refractivity contribution in [1.82, 2.24) is 0 Å². The molecule has 0 radical (unpaired) electrons. The lowest BCUT2D eigenvalue weighted by Gasteiger charge is -2.05. The van der Waals surface area contributed by atoms with Gasteiger partial charge in [-0.15, -0.1) is 0 Å². The summed E-state index contributed by atoms with van der Waals surface area (Å²) in [6.45, 7) is 0. The number of phenolic OH excluding ortho intramolecular Hbond substituents is 3. The van der Waals surface area contributed by atoms with Crippen molar-refractivity contribution in [3.8, 4) is 23.0 Å². The molecule has 0 atom stereocenters. The molecule has 2 aromatic rings. The Balaban J connectivity index is 0.000000231. The number of methoxy groups -OCH3 is 1. The molecule has 8 heteroatoms. The number of aromatic hydroxyl groups is 3. The van der Waals surface area contributed by atoms with Crippen LogP contribution in [0.3, 0.4) is 0 Å². The minimum absolute atomic E-state index is 0.0602. The molecule has 0 amide bonds. The number of rotatable bonds is 3. The number of ether oxygens (including phenoxy) is 1. The molecular weight excluding hydrogens is 436 g/mol. The fourth-order valence-corrected chi connectivity index (χ4v) is 2.35. The summed E-state index contributed by atoms with van der Waals surface area (Å²) in [5, 5.41) is 27.4. The Hall–Kier alpha value is -2.06. The summed E-state index contributed by atoms with van der Waals surface area (Å²) in [6.07, 6.45) is 1.04. The molecule has 122 valence electrons. The van der Waals surface area contributed by atoms with Crippen molar-refractivity contribution >= 4 is 44.4 Å². The zero-order chi connectivity index (χ0) is 17.6. The second kappa shape index (κ2) is 8.54. The Morgan fingerprint density at radius 3 is 1.78 bits per heavy atom. The monoisotopic (exact) mass is 446 g/mol. The van der Waals surface area contributed by atoms with Crippen LogP contribution in [0.5, 0.6) is 23.0 Å². The van der Waals surface area contributed by atoms with Crippen LogP contribution in [-0.2, 0) is 0 Å². The predicted molar refractivity (Wildman–Crippen MR) is 90.6 cm³/mol. The highest BCUT2D eigenvalue weighted by molar-refractivity contribution is 9.10. The Morgan fingerprint density at radius 2 is 1.35 bits per heavy atom. The maximum Gasteiger partial charge on any atom is 0.169 e. The van der Waals surface area contributed by atoms with Gasteiger partial charge in [-0.3, -0.25) is 9.59 Å². The van der Waals surface area contributed by atoms with Gasteiger partial charge < -0.3 is 20.1 Å². The first kappa shape index (κ1) is 19.0. The fraction of sp³-hybridized carbons (Fsp3) is 0.0667. The molecule has 0 aliphatic rings. The number of benzene rings is 2. The van der Waals surface area contributed by atoms with Crippen molar-refractivity contribution in [3.63, 3.8) is 0 Å². The highest BCUT2D eigenvalue weighted by Gasteiger charge is 2.10. The Morgan fingerprint density at radius 1 is 0.870 bits per heavy atom. The first-order valence-electron chi connectivity index (χ1n) is 6.03. The predicted octanol–water partition coefficient (Wildman–Crippen LogP) is 3.65. The fourth-order valence-electron chi connectivity index (χ4n) is 1.52. The number of carbonyl (C=O) groups excluding carboxylic acids is 2. The van der Waals surface area contributed by atoms with Gasteiger partial charge in [-0.25, -0.2) is 0 Å². The van der Waals surface area contributed by atoms with Crippen LogP contribution in [0, 0.1) is 0 Å². The van der Waals surface area contributed by atoms with Crippen LogP contribution in [0.1, 0.15) is 20.7 Å². The zero-order valence-corrected chi connectivity index (χ0v) is 15.0. The second-order valence-electron chi connectivity index (χ2n) is 4.08. The van der Waals surface area contributed by atoms with E-state index in [1.807, 2.05) is 0 Å². The Kier molecular flexibility index (Phi) is 7.05. The van der Waals surface area contributed by atoms with E-state index in [9.17, 15) is 14.7 Å². The first-order valence-corrected chi connectivity index (χ1v) is 7.62. The van der Waals surface area contributed by atoms with E-state index in [4.69, 9.17) is 14.9 Å². The highest BCUT2D eigenvalue weighted by atomic mass is 79.9. The van der Waals surface area contributed by atoms with E-state index in [0.717, 1.165) is 0 Å². The van der Waals surface area contributed by atoms with E-state index in [1.165, 1.54) is 19.2 Å². The topological polar surface area (TPSA) is 104 Å². The molecule has 6 nitrogen and oxygen atoms in total. The smallest absolute Gasteiger partial charge is 0.169 e. The lowest BCUT2D eigenvalue weighted by atomic mass is 10.2. The molecule has 0 saturated carbocycles. The molecule has 2 aromatic carbocycles. The average molecular weight is 448 g/mol. The van der Waals surface area contributed by atoms with Gasteiger partial charge in [-0.05, 0) is 56.1 Å². The van der Waals surface area contributed by atoms with E-state index < -0.39 is 5.75 Å². The summed E-state index contributed by atoms with van der Waals surface area (Å²) in [5.74, 6) is -0.535. The van der Waals surface area contributed by atoms with Gasteiger partial charge in [-0.2, -0.15) is 0 Å². The number of hydrogen-bond acceptors (Lipinski definition) is 6. The van der Waals surface area contributed by atoms with Crippen LogP contribution in [0.15, 0.2) is 33.2 Å². The third kappa shape index (κ3) is 4.46. The molecule has 0 saturated heterocycles. The van der Waals surface area contributed by atoms with Gasteiger partial charge in [0, 0.05) is 8.95 Å². The molecule has 0 spiro atoms. The van der Waals surface area contributed by atoms with E-state index in [-0.39, 0.29) is 22.6 Å².